The number of hydrogen-bond donors (Lipinski definition) is 6. The van der Waals surface area contributed by atoms with Crippen molar-refractivity contribution in [2.24, 2.45) is 11.5 Å². The normalized spacial score (nSPS) is 29.4. The fourth-order valence-corrected chi connectivity index (χ4v) is 4.42. The first-order valence-electron chi connectivity index (χ1n) is 8.04. The lowest BCUT2D eigenvalue weighted by Gasteiger charge is -2.26. The molecule has 0 radical (unpaired) electrons. The topological polar surface area (TPSA) is 171 Å². The summed E-state index contributed by atoms with van der Waals surface area (Å²) in [4.78, 5) is 36.8. The van der Waals surface area contributed by atoms with E-state index in [1.54, 1.807) is 4.90 Å². The predicted octanol–water partition coefficient (Wildman–Crippen LogP) is -3.71. The summed E-state index contributed by atoms with van der Waals surface area (Å²) < 4.78 is 0. The molecule has 2 fully saturated rings. The summed E-state index contributed by atoms with van der Waals surface area (Å²) in [5, 5.41) is 24.2. The zero-order valence-corrected chi connectivity index (χ0v) is 14.8. The van der Waals surface area contributed by atoms with Crippen LogP contribution in [0.2, 0.25) is 0 Å². The van der Waals surface area contributed by atoms with Gasteiger partial charge < -0.3 is 31.9 Å². The van der Waals surface area contributed by atoms with E-state index < -0.39 is 47.5 Å². The molecule has 3 unspecified atom stereocenters. The van der Waals surface area contributed by atoms with Crippen molar-refractivity contribution < 1.29 is 24.6 Å². The van der Waals surface area contributed by atoms with Crippen LogP contribution in [0.25, 0.3) is 0 Å². The quantitative estimate of drug-likeness (QED) is 0.275. The summed E-state index contributed by atoms with van der Waals surface area (Å²) in [5.74, 6) is -1.09. The van der Waals surface area contributed by atoms with Crippen LogP contribution < -0.4 is 22.1 Å². The molecule has 0 aromatic heterocycles. The summed E-state index contributed by atoms with van der Waals surface area (Å²) >= 11 is 1.53. The number of likely N-dealkylation sites (tertiary alicyclic amines) is 1. The second kappa shape index (κ2) is 7.87. The number of carbonyl (C=O) groups excluding carboxylic acids is 3. The molecule has 2 heterocycles. The lowest BCUT2D eigenvalue weighted by Crippen LogP contribution is -2.57. The first-order chi connectivity index (χ1) is 11.7. The van der Waals surface area contributed by atoms with E-state index in [1.807, 2.05) is 0 Å². The Hall–Kier alpha value is -1.40. The van der Waals surface area contributed by atoms with Gasteiger partial charge in [-0.25, -0.2) is 0 Å². The molecule has 25 heavy (non-hydrogen) atoms. The van der Waals surface area contributed by atoms with Gasteiger partial charge in [0.25, 0.3) is 0 Å². The number of rotatable bonds is 6. The van der Waals surface area contributed by atoms with Gasteiger partial charge in [-0.1, -0.05) is 0 Å². The van der Waals surface area contributed by atoms with E-state index >= 15 is 0 Å². The second-order valence-electron chi connectivity index (χ2n) is 6.43. The molecule has 0 aromatic carbocycles. The van der Waals surface area contributed by atoms with Crippen LogP contribution in [0.1, 0.15) is 13.3 Å². The molecular weight excluding hydrogens is 350 g/mol. The predicted molar refractivity (Wildman–Crippen MR) is 91.2 cm³/mol. The van der Waals surface area contributed by atoms with Gasteiger partial charge in [0.05, 0.1) is 23.6 Å². The van der Waals surface area contributed by atoms with Crippen LogP contribution >= 0.6 is 11.8 Å². The monoisotopic (exact) mass is 375 g/mol. The van der Waals surface area contributed by atoms with Crippen molar-refractivity contribution in [3.63, 3.8) is 0 Å². The fraction of sp³-hybridized carbons (Fsp3) is 0.786. The number of hydrogen-bond acceptors (Lipinski definition) is 8. The van der Waals surface area contributed by atoms with E-state index in [4.69, 9.17) is 16.6 Å². The summed E-state index contributed by atoms with van der Waals surface area (Å²) in [6.07, 6.45) is -0.454. The van der Waals surface area contributed by atoms with Crippen molar-refractivity contribution in [2.45, 2.75) is 42.4 Å². The third-order valence-corrected chi connectivity index (χ3v) is 5.93. The van der Waals surface area contributed by atoms with Crippen LogP contribution in [-0.4, -0.2) is 87.4 Å². The van der Waals surface area contributed by atoms with Gasteiger partial charge in [0.1, 0.15) is 12.1 Å². The molecule has 8 N–H and O–H groups in total. The molecular formula is C14H25N5O5S. The molecule has 0 saturated carbocycles. The Kier molecular flexibility index (Phi) is 6.27. The Balaban J connectivity index is 1.94. The first-order valence-corrected chi connectivity index (χ1v) is 9.02. The number of carbonyl (C=O) groups is 3. The minimum absolute atomic E-state index is 0.322. The molecule has 2 aliphatic rings. The van der Waals surface area contributed by atoms with Gasteiger partial charge in [-0.3, -0.25) is 19.7 Å². The third kappa shape index (κ3) is 4.42. The average Bonchev–Trinajstić information content (AvgIpc) is 3.17. The Morgan fingerprint density at radius 3 is 2.72 bits per heavy atom. The molecule has 10 nitrogen and oxygen atoms in total. The Bertz CT molecular complexity index is 548. The van der Waals surface area contributed by atoms with Crippen LogP contribution in [0.4, 0.5) is 0 Å². The number of amides is 3. The third-order valence-electron chi connectivity index (χ3n) is 4.42. The number of aliphatic hydroxyl groups is 2. The number of nitrogens with one attached hydrogen (secondary N) is 2. The number of nitrogens with zero attached hydrogens (tertiary/aromatic N) is 1. The number of primary amides is 1. The highest BCUT2D eigenvalue weighted by molar-refractivity contribution is 8.01. The smallest absolute Gasteiger partial charge is 0.242 e. The zero-order chi connectivity index (χ0) is 18.8. The van der Waals surface area contributed by atoms with Crippen LogP contribution in [0, 0.1) is 0 Å². The van der Waals surface area contributed by atoms with Crippen molar-refractivity contribution in [3.05, 3.63) is 0 Å². The van der Waals surface area contributed by atoms with Crippen molar-refractivity contribution in [1.29, 1.82) is 0 Å². The van der Waals surface area contributed by atoms with Crippen LogP contribution in [0.5, 0.6) is 0 Å². The number of thioether (sulfide) groups is 1. The average molecular weight is 375 g/mol. The van der Waals surface area contributed by atoms with Crippen molar-refractivity contribution in [2.75, 3.05) is 25.4 Å². The SMILES string of the molecule is C[C@@H](O)C(NC(=O)[C@@H]1CSC2(CCN(C(=O)C(N)CO)C2)N1)C(N)=O. The lowest BCUT2D eigenvalue weighted by molar-refractivity contribution is -0.132. The van der Waals surface area contributed by atoms with E-state index in [2.05, 4.69) is 10.6 Å². The zero-order valence-electron chi connectivity index (χ0n) is 14.0. The highest BCUT2D eigenvalue weighted by Crippen LogP contribution is 2.38. The molecule has 142 valence electrons. The maximum atomic E-state index is 12.3. The van der Waals surface area contributed by atoms with Gasteiger partial charge in [0, 0.05) is 18.8 Å². The Morgan fingerprint density at radius 2 is 2.16 bits per heavy atom. The molecule has 0 aliphatic carbocycles. The minimum atomic E-state index is -1.15. The minimum Gasteiger partial charge on any atom is -0.394 e. The summed E-state index contributed by atoms with van der Waals surface area (Å²) in [5.41, 5.74) is 10.7. The first kappa shape index (κ1) is 19.9. The molecule has 2 aliphatic heterocycles. The van der Waals surface area contributed by atoms with Gasteiger partial charge in [-0.05, 0) is 13.3 Å². The molecule has 1 spiro atoms. The lowest BCUT2D eigenvalue weighted by atomic mass is 10.1. The van der Waals surface area contributed by atoms with E-state index in [-0.39, 0.29) is 5.91 Å². The summed E-state index contributed by atoms with van der Waals surface area (Å²) in [6.45, 7) is 1.82. The fourth-order valence-electron chi connectivity index (χ4n) is 2.99. The molecule has 0 aromatic rings. The molecule has 2 saturated heterocycles. The maximum absolute atomic E-state index is 12.3. The highest BCUT2D eigenvalue weighted by Gasteiger charge is 2.48. The molecule has 2 rings (SSSR count). The summed E-state index contributed by atoms with van der Waals surface area (Å²) in [6, 6.07) is -2.66. The molecule has 3 amide bonds. The van der Waals surface area contributed by atoms with Crippen LogP contribution in [-0.2, 0) is 14.4 Å². The Morgan fingerprint density at radius 1 is 1.48 bits per heavy atom. The van der Waals surface area contributed by atoms with E-state index in [1.165, 1.54) is 18.7 Å². The molecule has 0 bridgehead atoms. The summed E-state index contributed by atoms with van der Waals surface area (Å²) in [7, 11) is 0. The van der Waals surface area contributed by atoms with Crippen LogP contribution in [0.3, 0.4) is 0 Å². The highest BCUT2D eigenvalue weighted by atomic mass is 32.2. The second-order valence-corrected chi connectivity index (χ2v) is 7.83. The van der Waals surface area contributed by atoms with Gasteiger partial charge in [-0.2, -0.15) is 0 Å². The largest absolute Gasteiger partial charge is 0.394 e. The number of aliphatic hydroxyl groups excluding tert-OH is 2. The molecule has 5 atom stereocenters. The van der Waals surface area contributed by atoms with Crippen molar-refractivity contribution in [3.8, 4) is 0 Å². The number of nitrogens with two attached hydrogens (primary N) is 2. The van der Waals surface area contributed by atoms with Crippen molar-refractivity contribution >= 4 is 29.5 Å². The van der Waals surface area contributed by atoms with Crippen LogP contribution in [0.15, 0.2) is 0 Å². The van der Waals surface area contributed by atoms with Gasteiger partial charge in [0.2, 0.25) is 17.7 Å². The Labute approximate surface area is 149 Å². The van der Waals surface area contributed by atoms with Gasteiger partial charge in [0.15, 0.2) is 0 Å². The molecule has 11 heteroatoms. The van der Waals surface area contributed by atoms with Crippen molar-refractivity contribution in [1.82, 2.24) is 15.5 Å². The maximum Gasteiger partial charge on any atom is 0.242 e. The van der Waals surface area contributed by atoms with Gasteiger partial charge >= 0.3 is 0 Å². The van der Waals surface area contributed by atoms with E-state index in [9.17, 15) is 19.5 Å². The standard InChI is InChI=1S/C14H25N5O5S/c1-7(21)10(11(16)22)17-12(23)9-5-25-14(18-9)2-3-19(6-14)13(24)8(15)4-20/h7-10,18,20-21H,2-6,15H2,1H3,(H2,16,22)(H,17,23)/t7-,8?,9+,10?,14?/m1/s1. The van der Waals surface area contributed by atoms with Gasteiger partial charge in [-0.15, -0.1) is 11.8 Å². The van der Waals surface area contributed by atoms with E-state index in [0.29, 0.717) is 25.3 Å². The van der Waals surface area contributed by atoms with E-state index in [0.717, 1.165) is 0 Å².